The molecule has 1 amide bonds. The van der Waals surface area contributed by atoms with Gasteiger partial charge >= 0.3 is 6.09 Å². The molecule has 5 heteroatoms. The first-order valence-corrected chi connectivity index (χ1v) is 3.48. The molecule has 0 saturated carbocycles. The lowest BCUT2D eigenvalue weighted by Gasteiger charge is -2.19. The van der Waals surface area contributed by atoms with Crippen molar-refractivity contribution in [1.29, 1.82) is 0 Å². The summed E-state index contributed by atoms with van der Waals surface area (Å²) in [6.45, 7) is 0.638. The number of amides is 1. The molecule has 0 spiro atoms. The van der Waals surface area contributed by atoms with Crippen LogP contribution in [0.2, 0.25) is 0 Å². The minimum Gasteiger partial charge on any atom is -0.465 e. The highest BCUT2D eigenvalue weighted by Gasteiger charge is 2.36. The van der Waals surface area contributed by atoms with Gasteiger partial charge < -0.3 is 20.8 Å². The van der Waals surface area contributed by atoms with E-state index in [4.69, 9.17) is 10.8 Å². The van der Waals surface area contributed by atoms with Crippen molar-refractivity contribution >= 4 is 6.09 Å². The molecule has 1 rings (SSSR count). The molecule has 11 heavy (non-hydrogen) atoms. The van der Waals surface area contributed by atoms with Gasteiger partial charge in [-0.05, 0) is 6.42 Å². The van der Waals surface area contributed by atoms with Crippen molar-refractivity contribution in [3.05, 3.63) is 0 Å². The van der Waals surface area contributed by atoms with E-state index in [1.54, 1.807) is 0 Å². The van der Waals surface area contributed by atoms with E-state index in [1.165, 1.54) is 4.90 Å². The maximum Gasteiger partial charge on any atom is 0.407 e. The van der Waals surface area contributed by atoms with Gasteiger partial charge in [0, 0.05) is 13.1 Å². The van der Waals surface area contributed by atoms with Crippen LogP contribution in [-0.2, 0) is 0 Å². The molecule has 0 radical (unpaired) electrons. The fraction of sp³-hybridized carbons (Fsp3) is 0.833. The number of hydrogen-bond donors (Lipinski definition) is 3. The van der Waals surface area contributed by atoms with Gasteiger partial charge in [0.1, 0.15) is 0 Å². The Hall–Kier alpha value is -0.810. The van der Waals surface area contributed by atoms with Crippen molar-refractivity contribution in [2.75, 3.05) is 19.6 Å². The van der Waals surface area contributed by atoms with Crippen molar-refractivity contribution in [2.24, 2.45) is 5.73 Å². The van der Waals surface area contributed by atoms with Crippen LogP contribution in [0.15, 0.2) is 0 Å². The molecule has 0 bridgehead atoms. The van der Waals surface area contributed by atoms with Gasteiger partial charge in [0.25, 0.3) is 0 Å². The zero-order chi connectivity index (χ0) is 8.48. The predicted octanol–water partition coefficient (Wildman–Crippen LogP) is -0.940. The molecule has 0 aromatic rings. The number of nitrogens with zero attached hydrogens (tertiary/aromatic N) is 1. The second kappa shape index (κ2) is 2.67. The molecule has 0 aromatic carbocycles. The Morgan fingerprint density at radius 2 is 2.36 bits per heavy atom. The largest absolute Gasteiger partial charge is 0.465 e. The van der Waals surface area contributed by atoms with Gasteiger partial charge in [0.2, 0.25) is 0 Å². The Morgan fingerprint density at radius 1 is 1.73 bits per heavy atom. The molecule has 1 aliphatic heterocycles. The fourth-order valence-electron chi connectivity index (χ4n) is 1.19. The van der Waals surface area contributed by atoms with E-state index in [2.05, 4.69) is 0 Å². The van der Waals surface area contributed by atoms with Crippen LogP contribution in [0.1, 0.15) is 6.42 Å². The zero-order valence-electron chi connectivity index (χ0n) is 6.16. The summed E-state index contributed by atoms with van der Waals surface area (Å²) in [6, 6.07) is 0. The van der Waals surface area contributed by atoms with Crippen LogP contribution in [0.4, 0.5) is 4.79 Å². The van der Waals surface area contributed by atoms with Crippen LogP contribution in [0.25, 0.3) is 0 Å². The molecule has 64 valence electrons. The first-order valence-electron chi connectivity index (χ1n) is 3.48. The van der Waals surface area contributed by atoms with E-state index >= 15 is 0 Å². The smallest absolute Gasteiger partial charge is 0.407 e. The van der Waals surface area contributed by atoms with E-state index in [-0.39, 0.29) is 13.1 Å². The van der Waals surface area contributed by atoms with Gasteiger partial charge in [-0.1, -0.05) is 0 Å². The fourth-order valence-corrected chi connectivity index (χ4v) is 1.19. The number of aliphatic hydroxyl groups is 1. The van der Waals surface area contributed by atoms with Crippen molar-refractivity contribution in [1.82, 2.24) is 4.90 Å². The first-order chi connectivity index (χ1) is 5.07. The van der Waals surface area contributed by atoms with Crippen LogP contribution in [-0.4, -0.2) is 46.4 Å². The van der Waals surface area contributed by atoms with Gasteiger partial charge in [-0.15, -0.1) is 0 Å². The third-order valence-corrected chi connectivity index (χ3v) is 1.98. The van der Waals surface area contributed by atoms with Crippen LogP contribution >= 0.6 is 0 Å². The van der Waals surface area contributed by atoms with E-state index < -0.39 is 11.7 Å². The molecule has 1 heterocycles. The molecule has 1 fully saturated rings. The quantitative estimate of drug-likeness (QED) is 0.462. The minimum atomic E-state index is -0.991. The highest BCUT2D eigenvalue weighted by molar-refractivity contribution is 5.65. The molecule has 4 N–H and O–H groups in total. The van der Waals surface area contributed by atoms with Gasteiger partial charge in [-0.2, -0.15) is 0 Å². The van der Waals surface area contributed by atoms with Crippen LogP contribution in [0.5, 0.6) is 0 Å². The van der Waals surface area contributed by atoms with E-state index in [0.29, 0.717) is 13.0 Å². The Labute approximate surface area is 64.4 Å². The molecular weight excluding hydrogens is 148 g/mol. The van der Waals surface area contributed by atoms with E-state index in [0.717, 1.165) is 0 Å². The average Bonchev–Trinajstić information content (AvgIpc) is 2.33. The molecular formula is C6H12N2O3. The molecule has 1 atom stereocenters. The lowest BCUT2D eigenvalue weighted by atomic mass is 10.0. The summed E-state index contributed by atoms with van der Waals surface area (Å²) in [5.41, 5.74) is 4.27. The molecule has 0 aliphatic carbocycles. The number of likely N-dealkylation sites (tertiary alicyclic amines) is 1. The monoisotopic (exact) mass is 160 g/mol. The Bertz CT molecular complexity index is 173. The average molecular weight is 160 g/mol. The lowest BCUT2D eigenvalue weighted by Crippen LogP contribution is -2.41. The SMILES string of the molecule is NCC1(O)CCN(C(=O)O)C1. The van der Waals surface area contributed by atoms with Gasteiger partial charge in [0.05, 0.1) is 12.1 Å². The van der Waals surface area contributed by atoms with E-state index in [9.17, 15) is 9.90 Å². The summed E-state index contributed by atoms with van der Waals surface area (Å²) in [4.78, 5) is 11.6. The maximum absolute atomic E-state index is 10.4. The third kappa shape index (κ3) is 1.61. The maximum atomic E-state index is 10.4. The van der Waals surface area contributed by atoms with Gasteiger partial charge in [-0.3, -0.25) is 0 Å². The Kier molecular flexibility index (Phi) is 2.01. The number of β-amino-alcohol motifs (C(OH)–C–C–N with tert-alkyl or cyclic N) is 1. The third-order valence-electron chi connectivity index (χ3n) is 1.98. The van der Waals surface area contributed by atoms with Crippen molar-refractivity contribution in [3.8, 4) is 0 Å². The van der Waals surface area contributed by atoms with Crippen molar-refractivity contribution in [3.63, 3.8) is 0 Å². The number of carbonyl (C=O) groups is 1. The lowest BCUT2D eigenvalue weighted by molar-refractivity contribution is 0.0573. The highest BCUT2D eigenvalue weighted by Crippen LogP contribution is 2.19. The second-order valence-electron chi connectivity index (χ2n) is 2.88. The second-order valence-corrected chi connectivity index (χ2v) is 2.88. The summed E-state index contributed by atoms with van der Waals surface area (Å²) in [5.74, 6) is 0. The molecule has 1 unspecified atom stereocenters. The Morgan fingerprint density at radius 3 is 2.64 bits per heavy atom. The normalized spacial score (nSPS) is 30.9. The topological polar surface area (TPSA) is 86.8 Å². The summed E-state index contributed by atoms with van der Waals surface area (Å²) >= 11 is 0. The minimum absolute atomic E-state index is 0.122. The number of carboxylic acid groups (broad SMARTS) is 1. The van der Waals surface area contributed by atoms with Gasteiger partial charge in [-0.25, -0.2) is 4.79 Å². The molecule has 5 nitrogen and oxygen atoms in total. The van der Waals surface area contributed by atoms with Crippen molar-refractivity contribution < 1.29 is 15.0 Å². The van der Waals surface area contributed by atoms with Crippen molar-refractivity contribution in [2.45, 2.75) is 12.0 Å². The van der Waals surface area contributed by atoms with Crippen LogP contribution in [0.3, 0.4) is 0 Å². The molecule has 1 aliphatic rings. The summed E-state index contributed by atoms with van der Waals surface area (Å²) in [6.07, 6.45) is -0.551. The summed E-state index contributed by atoms with van der Waals surface area (Å²) in [5, 5.41) is 18.0. The summed E-state index contributed by atoms with van der Waals surface area (Å²) in [7, 11) is 0. The zero-order valence-corrected chi connectivity index (χ0v) is 6.16. The summed E-state index contributed by atoms with van der Waals surface area (Å²) < 4.78 is 0. The standard InChI is InChI=1S/C6H12N2O3/c7-3-6(11)1-2-8(4-6)5(9)10/h11H,1-4,7H2,(H,9,10). The first kappa shape index (κ1) is 8.29. The number of rotatable bonds is 1. The van der Waals surface area contributed by atoms with Crippen LogP contribution < -0.4 is 5.73 Å². The number of nitrogens with two attached hydrogens (primary N) is 1. The van der Waals surface area contributed by atoms with Crippen LogP contribution in [0, 0.1) is 0 Å². The van der Waals surface area contributed by atoms with E-state index in [1.807, 2.05) is 0 Å². The molecule has 0 aromatic heterocycles. The van der Waals surface area contributed by atoms with Gasteiger partial charge in [0.15, 0.2) is 0 Å². The number of hydrogen-bond acceptors (Lipinski definition) is 3. The molecule has 1 saturated heterocycles. The Balaban J connectivity index is 2.53. The predicted molar refractivity (Wildman–Crippen MR) is 38.2 cm³/mol. The highest BCUT2D eigenvalue weighted by atomic mass is 16.4.